The summed E-state index contributed by atoms with van der Waals surface area (Å²) in [7, 11) is 0. The molecule has 2 rings (SSSR count). The maximum atomic E-state index is 9.07. The van der Waals surface area contributed by atoms with Gasteiger partial charge in [-0.1, -0.05) is 28.1 Å². The first-order valence-corrected chi connectivity index (χ1v) is 6.13. The van der Waals surface area contributed by atoms with Crippen molar-refractivity contribution in [2.75, 3.05) is 5.73 Å². The Morgan fingerprint density at radius 1 is 1.28 bits per heavy atom. The van der Waals surface area contributed by atoms with Crippen molar-refractivity contribution in [1.29, 1.82) is 5.26 Å². The minimum absolute atomic E-state index is 0.508. The van der Waals surface area contributed by atoms with Gasteiger partial charge in [0.2, 0.25) is 0 Å². The Balaban J connectivity index is 2.43. The number of anilines is 1. The lowest BCUT2D eigenvalue weighted by Crippen LogP contribution is -1.93. The fraction of sp³-hybridized carbons (Fsp3) is 0.0714. The van der Waals surface area contributed by atoms with Gasteiger partial charge in [-0.05, 0) is 30.7 Å². The summed E-state index contributed by atoms with van der Waals surface area (Å²) in [4.78, 5) is 0. The number of halogens is 1. The van der Waals surface area contributed by atoms with Crippen molar-refractivity contribution in [1.82, 2.24) is 0 Å². The van der Waals surface area contributed by atoms with Gasteiger partial charge in [0.1, 0.15) is 17.6 Å². The first-order chi connectivity index (χ1) is 8.60. The smallest absolute Gasteiger partial charge is 0.148 e. The van der Waals surface area contributed by atoms with Crippen LogP contribution in [-0.4, -0.2) is 0 Å². The maximum Gasteiger partial charge on any atom is 0.148 e. The third-order valence-corrected chi connectivity index (χ3v) is 2.90. The Bertz CT molecular complexity index is 612. The fourth-order valence-corrected chi connectivity index (χ4v) is 2.13. The molecule has 0 atom stereocenters. The van der Waals surface area contributed by atoms with Gasteiger partial charge in [0.05, 0.1) is 5.56 Å². The highest BCUT2D eigenvalue weighted by atomic mass is 79.9. The van der Waals surface area contributed by atoms with Crippen LogP contribution in [0.1, 0.15) is 11.1 Å². The highest BCUT2D eigenvalue weighted by Gasteiger charge is 2.08. The Labute approximate surface area is 114 Å². The third-order valence-electron chi connectivity index (χ3n) is 2.45. The van der Waals surface area contributed by atoms with Crippen molar-refractivity contribution in [2.24, 2.45) is 0 Å². The van der Waals surface area contributed by atoms with Crippen LogP contribution < -0.4 is 10.5 Å². The predicted octanol–water partition coefficient (Wildman–Crippen LogP) is 4.00. The van der Waals surface area contributed by atoms with E-state index in [1.54, 1.807) is 18.2 Å². The lowest BCUT2D eigenvalue weighted by molar-refractivity contribution is 0.477. The average molecular weight is 303 g/mol. The molecule has 0 aliphatic carbocycles. The molecule has 0 saturated heterocycles. The molecule has 0 aliphatic heterocycles. The Morgan fingerprint density at radius 3 is 2.72 bits per heavy atom. The first-order valence-electron chi connectivity index (χ1n) is 5.34. The van der Waals surface area contributed by atoms with E-state index in [0.29, 0.717) is 22.7 Å². The highest BCUT2D eigenvalue weighted by molar-refractivity contribution is 9.10. The number of nitrogens with zero attached hydrogens (tertiary/aromatic N) is 1. The number of ether oxygens (including phenoxy) is 1. The molecule has 0 amide bonds. The van der Waals surface area contributed by atoms with Crippen LogP contribution in [0.5, 0.6) is 11.5 Å². The summed E-state index contributed by atoms with van der Waals surface area (Å²) in [6, 6.07) is 12.9. The van der Waals surface area contributed by atoms with Crippen LogP contribution in [0, 0.1) is 18.3 Å². The van der Waals surface area contributed by atoms with Gasteiger partial charge < -0.3 is 10.5 Å². The van der Waals surface area contributed by atoms with Crippen LogP contribution in [0.2, 0.25) is 0 Å². The van der Waals surface area contributed by atoms with Gasteiger partial charge in [0.25, 0.3) is 0 Å². The number of benzene rings is 2. The summed E-state index contributed by atoms with van der Waals surface area (Å²) < 4.78 is 6.60. The van der Waals surface area contributed by atoms with Gasteiger partial charge >= 0.3 is 0 Å². The number of para-hydroxylation sites is 1. The van der Waals surface area contributed by atoms with Crippen LogP contribution in [0.3, 0.4) is 0 Å². The minimum Gasteiger partial charge on any atom is -0.456 e. The zero-order valence-electron chi connectivity index (χ0n) is 9.77. The number of aryl methyl sites for hydroxylation is 1. The van der Waals surface area contributed by atoms with Crippen molar-refractivity contribution < 1.29 is 4.74 Å². The quantitative estimate of drug-likeness (QED) is 0.853. The zero-order chi connectivity index (χ0) is 13.1. The van der Waals surface area contributed by atoms with Crippen molar-refractivity contribution in [3.05, 3.63) is 52.0 Å². The van der Waals surface area contributed by atoms with Crippen molar-refractivity contribution in [2.45, 2.75) is 6.92 Å². The van der Waals surface area contributed by atoms with Crippen LogP contribution in [-0.2, 0) is 0 Å². The molecule has 2 aromatic carbocycles. The van der Waals surface area contributed by atoms with Gasteiger partial charge in [-0.3, -0.25) is 0 Å². The number of nitriles is 1. The monoisotopic (exact) mass is 302 g/mol. The molecule has 18 heavy (non-hydrogen) atoms. The normalized spacial score (nSPS) is 9.83. The second-order valence-corrected chi connectivity index (χ2v) is 4.80. The maximum absolute atomic E-state index is 9.07. The van der Waals surface area contributed by atoms with Gasteiger partial charge in [-0.15, -0.1) is 0 Å². The summed E-state index contributed by atoms with van der Waals surface area (Å²) in [5, 5.41) is 9.07. The number of hydrogen-bond acceptors (Lipinski definition) is 3. The van der Waals surface area contributed by atoms with Crippen LogP contribution >= 0.6 is 15.9 Å². The van der Waals surface area contributed by atoms with Gasteiger partial charge in [0, 0.05) is 16.2 Å². The van der Waals surface area contributed by atoms with E-state index in [2.05, 4.69) is 22.0 Å². The Kier molecular flexibility index (Phi) is 3.54. The number of hydrogen-bond donors (Lipinski definition) is 1. The molecule has 4 heteroatoms. The van der Waals surface area contributed by atoms with E-state index in [-0.39, 0.29) is 0 Å². The average Bonchev–Trinajstić information content (AvgIpc) is 2.30. The Morgan fingerprint density at radius 2 is 2.06 bits per heavy atom. The molecule has 2 N–H and O–H groups in total. The number of nitrogen functional groups attached to an aromatic ring is 1. The van der Waals surface area contributed by atoms with Crippen molar-refractivity contribution in [3.8, 4) is 17.6 Å². The molecule has 0 unspecified atom stereocenters. The first kappa shape index (κ1) is 12.5. The van der Waals surface area contributed by atoms with Gasteiger partial charge in [0.15, 0.2) is 0 Å². The molecule has 90 valence electrons. The molecule has 0 aliphatic rings. The third kappa shape index (κ3) is 2.63. The topological polar surface area (TPSA) is 59.0 Å². The van der Waals surface area contributed by atoms with E-state index in [9.17, 15) is 0 Å². The zero-order valence-corrected chi connectivity index (χ0v) is 11.4. The molecule has 0 radical (unpaired) electrons. The molecular weight excluding hydrogens is 292 g/mol. The van der Waals surface area contributed by atoms with Gasteiger partial charge in [-0.2, -0.15) is 5.26 Å². The van der Waals surface area contributed by atoms with E-state index in [1.165, 1.54) is 0 Å². The van der Waals surface area contributed by atoms with E-state index in [1.807, 2.05) is 25.1 Å². The van der Waals surface area contributed by atoms with Crippen LogP contribution in [0.4, 0.5) is 5.69 Å². The number of nitrogens with two attached hydrogens (primary N) is 1. The SMILES string of the molecule is Cc1cccc(C#N)c1Oc1cc(N)cc(Br)c1. The molecule has 0 fully saturated rings. The molecule has 3 nitrogen and oxygen atoms in total. The van der Waals surface area contributed by atoms with Crippen molar-refractivity contribution in [3.63, 3.8) is 0 Å². The summed E-state index contributed by atoms with van der Waals surface area (Å²) in [6.07, 6.45) is 0. The molecular formula is C14H11BrN2O. The molecule has 0 bridgehead atoms. The van der Waals surface area contributed by atoms with E-state index in [4.69, 9.17) is 15.7 Å². The minimum atomic E-state index is 0.508. The molecule has 2 aromatic rings. The predicted molar refractivity (Wildman–Crippen MR) is 74.5 cm³/mol. The molecule has 0 spiro atoms. The standard InChI is InChI=1S/C14H11BrN2O/c1-9-3-2-4-10(8-16)14(9)18-13-6-11(15)5-12(17)7-13/h2-7H,17H2,1H3. The van der Waals surface area contributed by atoms with E-state index in [0.717, 1.165) is 10.0 Å². The van der Waals surface area contributed by atoms with E-state index < -0.39 is 0 Å². The lowest BCUT2D eigenvalue weighted by atomic mass is 10.1. The second kappa shape index (κ2) is 5.11. The lowest BCUT2D eigenvalue weighted by Gasteiger charge is -2.11. The number of rotatable bonds is 2. The Hall–Kier alpha value is -1.99. The molecule has 0 aromatic heterocycles. The highest BCUT2D eigenvalue weighted by Crippen LogP contribution is 2.31. The fourth-order valence-electron chi connectivity index (χ4n) is 1.64. The summed E-state index contributed by atoms with van der Waals surface area (Å²) in [5.41, 5.74) is 7.77. The largest absolute Gasteiger partial charge is 0.456 e. The summed E-state index contributed by atoms with van der Waals surface area (Å²) >= 11 is 3.36. The molecule has 0 heterocycles. The van der Waals surface area contributed by atoms with Crippen molar-refractivity contribution >= 4 is 21.6 Å². The van der Waals surface area contributed by atoms with Crippen LogP contribution in [0.25, 0.3) is 0 Å². The second-order valence-electron chi connectivity index (χ2n) is 3.89. The molecule has 0 saturated carbocycles. The summed E-state index contributed by atoms with van der Waals surface area (Å²) in [5.74, 6) is 1.17. The van der Waals surface area contributed by atoms with Crippen LogP contribution in [0.15, 0.2) is 40.9 Å². The van der Waals surface area contributed by atoms with Gasteiger partial charge in [-0.25, -0.2) is 0 Å². The summed E-state index contributed by atoms with van der Waals surface area (Å²) in [6.45, 7) is 1.90. The van der Waals surface area contributed by atoms with E-state index >= 15 is 0 Å².